The van der Waals surface area contributed by atoms with Gasteiger partial charge in [0.25, 0.3) is 0 Å². The molecule has 1 aliphatic heterocycles. The van der Waals surface area contributed by atoms with Gasteiger partial charge in [0.2, 0.25) is 5.95 Å². The van der Waals surface area contributed by atoms with Crippen LogP contribution in [0.25, 0.3) is 11.3 Å². The lowest BCUT2D eigenvalue weighted by molar-refractivity contribution is 0.387. The average Bonchev–Trinajstić information content (AvgIpc) is 2.96. The molecule has 3 N–H and O–H groups in total. The van der Waals surface area contributed by atoms with Crippen LogP contribution in [0.1, 0.15) is 16.7 Å². The highest BCUT2D eigenvalue weighted by Gasteiger charge is 2.23. The van der Waals surface area contributed by atoms with Gasteiger partial charge in [0.1, 0.15) is 5.82 Å². The third kappa shape index (κ3) is 4.36. The van der Waals surface area contributed by atoms with Crippen LogP contribution >= 0.6 is 19.2 Å². The van der Waals surface area contributed by atoms with Crippen LogP contribution in [0.3, 0.4) is 0 Å². The average molecular weight is 495 g/mol. The number of aromatic nitrogens is 2. The van der Waals surface area contributed by atoms with Gasteiger partial charge < -0.3 is 15.1 Å². The Morgan fingerprint density at radius 3 is 2.47 bits per heavy atom. The second kappa shape index (κ2) is 8.74. The highest BCUT2D eigenvalue weighted by atomic mass is 35.5. The van der Waals surface area contributed by atoms with E-state index in [9.17, 15) is 18.7 Å². The summed E-state index contributed by atoms with van der Waals surface area (Å²) in [5.41, 5.74) is 4.20. The first-order valence-electron chi connectivity index (χ1n) is 10.2. The molecule has 3 aromatic carbocycles. The monoisotopic (exact) mass is 494 g/mol. The van der Waals surface area contributed by atoms with Crippen molar-refractivity contribution in [2.24, 2.45) is 4.99 Å². The Labute approximate surface area is 199 Å². The van der Waals surface area contributed by atoms with Gasteiger partial charge in [0.05, 0.1) is 23.3 Å². The SMILES string of the molecule is O=P(O)(O)c1ccc(Nc2ncc3c(n2)-c2ccc(Cl)cc2C(c2ccccc2F)=NC3)cc1. The number of nitrogens with one attached hydrogen (secondary N) is 1. The van der Waals surface area contributed by atoms with Gasteiger partial charge in [-0.15, -0.1) is 0 Å². The molecule has 0 amide bonds. The van der Waals surface area contributed by atoms with Gasteiger partial charge in [-0.05, 0) is 48.5 Å². The van der Waals surface area contributed by atoms with Gasteiger partial charge in [0.15, 0.2) is 0 Å². The summed E-state index contributed by atoms with van der Waals surface area (Å²) < 4.78 is 26.0. The van der Waals surface area contributed by atoms with E-state index in [4.69, 9.17) is 11.6 Å². The summed E-state index contributed by atoms with van der Waals surface area (Å²) in [4.78, 5) is 32.3. The summed E-state index contributed by atoms with van der Waals surface area (Å²) in [5, 5.41) is 3.46. The minimum absolute atomic E-state index is 0.0791. The number of rotatable bonds is 4. The zero-order valence-electron chi connectivity index (χ0n) is 17.5. The predicted molar refractivity (Wildman–Crippen MR) is 130 cm³/mol. The Hall–Kier alpha value is -3.42. The highest BCUT2D eigenvalue weighted by molar-refractivity contribution is 7.60. The maximum atomic E-state index is 14.6. The summed E-state index contributed by atoms with van der Waals surface area (Å²) in [5.74, 6) is -0.0942. The van der Waals surface area contributed by atoms with E-state index < -0.39 is 7.60 Å². The van der Waals surface area contributed by atoms with Gasteiger partial charge >= 0.3 is 7.60 Å². The maximum absolute atomic E-state index is 14.6. The van der Waals surface area contributed by atoms with Crippen molar-refractivity contribution < 1.29 is 18.7 Å². The quantitative estimate of drug-likeness (QED) is 0.351. The van der Waals surface area contributed by atoms with Gasteiger partial charge in [0, 0.05) is 39.2 Å². The van der Waals surface area contributed by atoms with Crippen LogP contribution in [0.2, 0.25) is 5.02 Å². The summed E-state index contributed by atoms with van der Waals surface area (Å²) in [6.45, 7) is 0.253. The van der Waals surface area contributed by atoms with E-state index in [1.54, 1.807) is 36.5 Å². The first-order chi connectivity index (χ1) is 16.3. The fourth-order valence-corrected chi connectivity index (χ4v) is 4.45. The zero-order chi connectivity index (χ0) is 23.9. The van der Waals surface area contributed by atoms with Crippen molar-refractivity contribution >= 4 is 41.8 Å². The van der Waals surface area contributed by atoms with Crippen LogP contribution < -0.4 is 10.6 Å². The first kappa shape index (κ1) is 22.4. The number of hydrogen-bond acceptors (Lipinski definition) is 5. The molecule has 7 nitrogen and oxygen atoms in total. The Bertz CT molecular complexity index is 1490. The molecular weight excluding hydrogens is 478 g/mol. The fourth-order valence-electron chi connectivity index (χ4n) is 3.74. The summed E-state index contributed by atoms with van der Waals surface area (Å²) in [7, 11) is -4.33. The Morgan fingerprint density at radius 1 is 0.971 bits per heavy atom. The van der Waals surface area contributed by atoms with Crippen molar-refractivity contribution in [3.05, 3.63) is 100 Å². The third-order valence-electron chi connectivity index (χ3n) is 5.35. The Morgan fingerprint density at radius 2 is 1.74 bits per heavy atom. The lowest BCUT2D eigenvalue weighted by atomic mass is 9.95. The molecule has 0 radical (unpaired) electrons. The van der Waals surface area contributed by atoms with Crippen molar-refractivity contribution in [2.45, 2.75) is 6.54 Å². The smallest absolute Gasteiger partial charge is 0.324 e. The molecule has 0 saturated heterocycles. The molecule has 0 aliphatic carbocycles. The van der Waals surface area contributed by atoms with Crippen molar-refractivity contribution in [1.29, 1.82) is 0 Å². The van der Waals surface area contributed by atoms with Crippen LogP contribution in [-0.2, 0) is 11.1 Å². The summed E-state index contributed by atoms with van der Waals surface area (Å²) in [6.07, 6.45) is 1.65. The maximum Gasteiger partial charge on any atom is 0.356 e. The lowest BCUT2D eigenvalue weighted by Gasteiger charge is -2.13. The fraction of sp³-hybridized carbons (Fsp3) is 0.0417. The second-order valence-electron chi connectivity index (χ2n) is 7.62. The zero-order valence-corrected chi connectivity index (χ0v) is 19.1. The van der Waals surface area contributed by atoms with E-state index in [0.29, 0.717) is 33.2 Å². The van der Waals surface area contributed by atoms with Crippen LogP contribution in [-0.4, -0.2) is 25.5 Å². The van der Waals surface area contributed by atoms with Crippen molar-refractivity contribution in [2.75, 3.05) is 5.32 Å². The molecule has 0 spiro atoms. The summed E-state index contributed by atoms with van der Waals surface area (Å²) in [6, 6.07) is 17.5. The van der Waals surface area contributed by atoms with E-state index in [2.05, 4.69) is 20.3 Å². The molecule has 0 atom stereocenters. The third-order valence-corrected chi connectivity index (χ3v) is 6.56. The van der Waals surface area contributed by atoms with Crippen LogP contribution in [0.4, 0.5) is 16.0 Å². The molecule has 0 unspecified atom stereocenters. The Balaban J connectivity index is 1.56. The molecule has 10 heteroatoms. The number of aliphatic imine (C=N–C) groups is 1. The van der Waals surface area contributed by atoms with Crippen LogP contribution in [0.15, 0.2) is 77.9 Å². The second-order valence-corrected chi connectivity index (χ2v) is 9.66. The van der Waals surface area contributed by atoms with E-state index in [-0.39, 0.29) is 23.6 Å². The van der Waals surface area contributed by atoms with Gasteiger partial charge in [-0.25, -0.2) is 14.4 Å². The minimum Gasteiger partial charge on any atom is -0.324 e. The van der Waals surface area contributed by atoms with Crippen molar-refractivity contribution in [3.63, 3.8) is 0 Å². The first-order valence-corrected chi connectivity index (χ1v) is 12.2. The lowest BCUT2D eigenvalue weighted by Crippen LogP contribution is -2.07. The van der Waals surface area contributed by atoms with Gasteiger partial charge in [-0.1, -0.05) is 29.8 Å². The molecule has 1 aromatic heterocycles. The topological polar surface area (TPSA) is 108 Å². The standard InChI is InChI=1S/C24H17ClFN4O3P/c25-15-5-10-18-20(11-15)23(19-3-1-2-4-21(19)26)27-12-14-13-28-24(30-22(14)18)29-16-6-8-17(9-7-16)34(31,32)33/h1-11,13H,12H2,(H,28,29,30)(H2,31,32,33). The highest BCUT2D eigenvalue weighted by Crippen LogP contribution is 2.35. The van der Waals surface area contributed by atoms with Gasteiger partial charge in [-0.2, -0.15) is 0 Å². The molecule has 0 bridgehead atoms. The van der Waals surface area contributed by atoms with E-state index in [0.717, 1.165) is 11.1 Å². The minimum atomic E-state index is -4.33. The largest absolute Gasteiger partial charge is 0.356 e. The molecule has 34 heavy (non-hydrogen) atoms. The Kier molecular flexibility index (Phi) is 5.75. The number of fused-ring (bicyclic) bond motifs is 3. The van der Waals surface area contributed by atoms with Crippen LogP contribution in [0.5, 0.6) is 0 Å². The molecule has 5 rings (SSSR count). The van der Waals surface area contributed by atoms with Crippen LogP contribution in [0, 0.1) is 5.82 Å². The number of benzene rings is 3. The normalized spacial score (nSPS) is 12.9. The molecule has 2 heterocycles. The molecule has 4 aromatic rings. The van der Waals surface area contributed by atoms with E-state index in [1.807, 2.05) is 6.07 Å². The molecule has 1 aliphatic rings. The number of hydrogen-bond donors (Lipinski definition) is 3. The number of halogens is 2. The molecule has 0 fully saturated rings. The van der Waals surface area contributed by atoms with Gasteiger partial charge in [-0.3, -0.25) is 9.56 Å². The molecular formula is C24H17ClFN4O3P. The van der Waals surface area contributed by atoms with Crippen molar-refractivity contribution in [3.8, 4) is 11.3 Å². The molecule has 170 valence electrons. The number of nitrogens with zero attached hydrogens (tertiary/aromatic N) is 3. The predicted octanol–water partition coefficient (Wildman–Crippen LogP) is 4.83. The van der Waals surface area contributed by atoms with E-state index in [1.165, 1.54) is 30.3 Å². The number of anilines is 2. The van der Waals surface area contributed by atoms with Crippen molar-refractivity contribution in [1.82, 2.24) is 9.97 Å². The van der Waals surface area contributed by atoms with E-state index >= 15 is 0 Å². The molecule has 0 saturated carbocycles. The summed E-state index contributed by atoms with van der Waals surface area (Å²) >= 11 is 6.28.